The summed E-state index contributed by atoms with van der Waals surface area (Å²) >= 11 is 0. The van der Waals surface area contributed by atoms with Crippen LogP contribution >= 0.6 is 0 Å². The first-order chi connectivity index (χ1) is 21.6. The van der Waals surface area contributed by atoms with Gasteiger partial charge in [0.1, 0.15) is 0 Å². The fraction of sp³-hybridized carbons (Fsp3) is 0.700. The number of esters is 1. The van der Waals surface area contributed by atoms with Crippen LogP contribution in [0.25, 0.3) is 0 Å². The van der Waals surface area contributed by atoms with Gasteiger partial charge in [0.2, 0.25) is 0 Å². The Bertz CT molecular complexity index is 789. The second-order valence-corrected chi connectivity index (χ2v) is 12.0. The lowest BCUT2D eigenvalue weighted by Gasteiger charge is -2.13. The van der Waals surface area contributed by atoms with Crippen LogP contribution in [0.1, 0.15) is 174 Å². The van der Waals surface area contributed by atoms with E-state index in [0.29, 0.717) is 12.8 Å². The van der Waals surface area contributed by atoms with Gasteiger partial charge in [-0.3, -0.25) is 4.79 Å². The highest BCUT2D eigenvalue weighted by Gasteiger charge is 2.21. The zero-order chi connectivity index (χ0) is 32.2. The van der Waals surface area contributed by atoms with E-state index in [0.717, 1.165) is 77.0 Å². The summed E-state index contributed by atoms with van der Waals surface area (Å²) in [7, 11) is 0. The molecule has 44 heavy (non-hydrogen) atoms. The summed E-state index contributed by atoms with van der Waals surface area (Å²) in [5.41, 5.74) is 0. The summed E-state index contributed by atoms with van der Waals surface area (Å²) in [5, 5.41) is 9.46. The molecule has 0 saturated carbocycles. The van der Waals surface area contributed by atoms with Crippen LogP contribution in [0.4, 0.5) is 0 Å². The van der Waals surface area contributed by atoms with E-state index in [4.69, 9.17) is 4.74 Å². The number of ether oxygens (including phenoxy) is 1. The van der Waals surface area contributed by atoms with Crippen molar-refractivity contribution in [2.45, 2.75) is 180 Å². The minimum atomic E-state index is -1.02. The van der Waals surface area contributed by atoms with Crippen molar-refractivity contribution in [1.82, 2.24) is 0 Å². The molecule has 0 aromatic carbocycles. The van der Waals surface area contributed by atoms with Gasteiger partial charge >= 0.3 is 11.9 Å². The first-order valence-corrected chi connectivity index (χ1v) is 18.3. The van der Waals surface area contributed by atoms with Crippen molar-refractivity contribution in [3.05, 3.63) is 60.8 Å². The fourth-order valence-electron chi connectivity index (χ4n) is 5.05. The van der Waals surface area contributed by atoms with Gasteiger partial charge in [0.25, 0.3) is 0 Å². The molecule has 252 valence electrons. The fourth-order valence-corrected chi connectivity index (χ4v) is 5.05. The molecule has 0 aliphatic rings. The first-order valence-electron chi connectivity index (χ1n) is 18.3. The average molecular weight is 613 g/mol. The number of aliphatic carboxylic acids is 1. The minimum absolute atomic E-state index is 0.300. The molecule has 1 atom stereocenters. The third-order valence-electron chi connectivity index (χ3n) is 7.78. The maximum atomic E-state index is 12.2. The molecule has 4 heteroatoms. The highest BCUT2D eigenvalue weighted by Crippen LogP contribution is 2.15. The van der Waals surface area contributed by atoms with Crippen LogP contribution in [-0.2, 0) is 14.3 Å². The van der Waals surface area contributed by atoms with Crippen LogP contribution in [0.2, 0.25) is 0 Å². The van der Waals surface area contributed by atoms with E-state index in [1.807, 2.05) is 0 Å². The van der Waals surface area contributed by atoms with Crippen molar-refractivity contribution in [2.75, 3.05) is 0 Å². The van der Waals surface area contributed by atoms with Crippen LogP contribution in [0, 0.1) is 0 Å². The van der Waals surface area contributed by atoms with Crippen LogP contribution < -0.4 is 0 Å². The molecule has 0 fully saturated rings. The summed E-state index contributed by atoms with van der Waals surface area (Å²) in [4.78, 5) is 23.7. The number of carboxylic acid groups (broad SMARTS) is 1. The third kappa shape index (κ3) is 32.6. The molecule has 0 rings (SSSR count). The first kappa shape index (κ1) is 41.6. The van der Waals surface area contributed by atoms with Crippen molar-refractivity contribution in [3.63, 3.8) is 0 Å². The number of rotatable bonds is 32. The topological polar surface area (TPSA) is 63.6 Å². The number of unbranched alkanes of at least 4 members (excludes halogenated alkanes) is 16. The van der Waals surface area contributed by atoms with Crippen LogP contribution in [-0.4, -0.2) is 23.1 Å². The van der Waals surface area contributed by atoms with Gasteiger partial charge in [0.05, 0.1) is 0 Å². The zero-order valence-electron chi connectivity index (χ0n) is 28.7. The van der Waals surface area contributed by atoms with Gasteiger partial charge in [0, 0.05) is 6.42 Å². The normalized spacial score (nSPS) is 13.0. The molecule has 0 radical (unpaired) electrons. The lowest BCUT2D eigenvalue weighted by Crippen LogP contribution is -2.27. The Kier molecular flexibility index (Phi) is 33.2. The minimum Gasteiger partial charge on any atom is -0.479 e. The highest BCUT2D eigenvalue weighted by atomic mass is 16.6. The third-order valence-corrected chi connectivity index (χ3v) is 7.78. The maximum absolute atomic E-state index is 12.2. The Balaban J connectivity index is 3.68. The van der Waals surface area contributed by atoms with E-state index in [-0.39, 0.29) is 5.97 Å². The highest BCUT2D eigenvalue weighted by molar-refractivity contribution is 5.77. The van der Waals surface area contributed by atoms with E-state index in [9.17, 15) is 14.7 Å². The molecule has 0 aromatic heterocycles. The molecule has 0 aromatic rings. The molecule has 1 unspecified atom stereocenters. The number of carbonyl (C=O) groups is 2. The van der Waals surface area contributed by atoms with Crippen molar-refractivity contribution < 1.29 is 19.4 Å². The number of carbonyl (C=O) groups excluding carboxylic acids is 1. The molecular weight excluding hydrogens is 544 g/mol. The Morgan fingerprint density at radius 2 is 0.932 bits per heavy atom. The van der Waals surface area contributed by atoms with Crippen molar-refractivity contribution in [1.29, 1.82) is 0 Å². The van der Waals surface area contributed by atoms with Gasteiger partial charge in [0.15, 0.2) is 6.10 Å². The lowest BCUT2D eigenvalue weighted by atomic mass is 10.0. The van der Waals surface area contributed by atoms with Gasteiger partial charge < -0.3 is 9.84 Å². The largest absolute Gasteiger partial charge is 0.479 e. The van der Waals surface area contributed by atoms with Crippen molar-refractivity contribution >= 4 is 11.9 Å². The van der Waals surface area contributed by atoms with Gasteiger partial charge in [-0.2, -0.15) is 0 Å². The standard InChI is InChI=1S/C40H68O4/c1-3-5-7-9-11-13-15-17-19-20-21-22-23-25-27-29-31-33-35-37-39(41)44-38(40(42)43)36-34-32-30-28-26-24-18-16-14-12-10-8-6-4-2/h5,7,11,13,17,19,21-22,25,27,38H,3-4,6,8-10,12,14-16,18,20,23-24,26,28-37H2,1-2H3,(H,42,43)/b7-5-,13-11-,19-17-,22-21-,27-25-. The Morgan fingerprint density at radius 1 is 0.523 bits per heavy atom. The van der Waals surface area contributed by atoms with E-state index in [1.54, 1.807) is 0 Å². The number of hydrogen-bond acceptors (Lipinski definition) is 3. The van der Waals surface area contributed by atoms with Gasteiger partial charge in [-0.05, 0) is 64.2 Å². The van der Waals surface area contributed by atoms with E-state index >= 15 is 0 Å². The van der Waals surface area contributed by atoms with Gasteiger partial charge in [-0.25, -0.2) is 4.79 Å². The van der Waals surface area contributed by atoms with Gasteiger partial charge in [-0.15, -0.1) is 0 Å². The zero-order valence-corrected chi connectivity index (χ0v) is 28.7. The van der Waals surface area contributed by atoms with Crippen molar-refractivity contribution in [2.24, 2.45) is 0 Å². The molecule has 0 aliphatic carbocycles. The van der Waals surface area contributed by atoms with Gasteiger partial charge in [-0.1, -0.05) is 164 Å². The van der Waals surface area contributed by atoms with E-state index < -0.39 is 12.1 Å². The summed E-state index contributed by atoms with van der Waals surface area (Å²) in [6, 6.07) is 0. The molecule has 0 saturated heterocycles. The Labute approximate surface area is 272 Å². The van der Waals surface area contributed by atoms with Crippen LogP contribution in [0.15, 0.2) is 60.8 Å². The lowest BCUT2D eigenvalue weighted by molar-refractivity contribution is -0.164. The monoisotopic (exact) mass is 613 g/mol. The maximum Gasteiger partial charge on any atom is 0.345 e. The second kappa shape index (κ2) is 35.1. The summed E-state index contributed by atoms with van der Waals surface area (Å²) in [5.74, 6) is -1.40. The molecule has 0 aliphatic heterocycles. The average Bonchev–Trinajstić information content (AvgIpc) is 3.01. The second-order valence-electron chi connectivity index (χ2n) is 12.0. The molecule has 0 amide bonds. The van der Waals surface area contributed by atoms with Crippen molar-refractivity contribution in [3.8, 4) is 0 Å². The predicted molar refractivity (Wildman–Crippen MR) is 190 cm³/mol. The summed E-state index contributed by atoms with van der Waals surface area (Å²) in [6.07, 6.45) is 48.2. The van der Waals surface area contributed by atoms with E-state index in [1.165, 1.54) is 70.6 Å². The molecule has 0 heterocycles. The molecule has 0 bridgehead atoms. The Morgan fingerprint density at radius 3 is 1.39 bits per heavy atom. The molecule has 1 N–H and O–H groups in total. The number of allylic oxidation sites excluding steroid dienone is 10. The quantitative estimate of drug-likeness (QED) is 0.0466. The summed E-state index contributed by atoms with van der Waals surface area (Å²) in [6.45, 7) is 4.41. The molecule has 4 nitrogen and oxygen atoms in total. The smallest absolute Gasteiger partial charge is 0.345 e. The van der Waals surface area contributed by atoms with Crippen LogP contribution in [0.5, 0.6) is 0 Å². The summed E-state index contributed by atoms with van der Waals surface area (Å²) < 4.78 is 5.29. The number of hydrogen-bond donors (Lipinski definition) is 1. The predicted octanol–water partition coefficient (Wildman–Crippen LogP) is 12.6. The molecular formula is C40H68O4. The SMILES string of the molecule is CC/C=C\C/C=C\C/C=C\C/C=C\C/C=C\CCCCCC(=O)OC(CCCCCCCCCCCCCCCC)C(=O)O. The number of carboxylic acids is 1. The molecule has 0 spiro atoms. The Hall–Kier alpha value is -2.36. The van der Waals surface area contributed by atoms with Crippen LogP contribution in [0.3, 0.4) is 0 Å². The van der Waals surface area contributed by atoms with E-state index in [2.05, 4.69) is 74.6 Å².